The molecule has 6 heteroatoms. The summed E-state index contributed by atoms with van der Waals surface area (Å²) >= 11 is 1.45. The van der Waals surface area contributed by atoms with Crippen LogP contribution in [0.3, 0.4) is 0 Å². The molecule has 5 nitrogen and oxygen atoms in total. The first-order valence-electron chi connectivity index (χ1n) is 7.99. The topological polar surface area (TPSA) is 57.7 Å². The molecule has 0 N–H and O–H groups in total. The molecule has 0 fully saturated rings. The summed E-state index contributed by atoms with van der Waals surface area (Å²) in [6, 6.07) is 10.7. The van der Waals surface area contributed by atoms with Crippen molar-refractivity contribution in [2.75, 3.05) is 18.0 Å². The second-order valence-electron chi connectivity index (χ2n) is 5.16. The molecule has 0 unspecified atom stereocenters. The van der Waals surface area contributed by atoms with Crippen molar-refractivity contribution in [2.24, 2.45) is 0 Å². The van der Waals surface area contributed by atoms with E-state index in [4.69, 9.17) is 5.26 Å². The summed E-state index contributed by atoms with van der Waals surface area (Å²) < 4.78 is 2.06. The summed E-state index contributed by atoms with van der Waals surface area (Å²) in [7, 11) is 0. The van der Waals surface area contributed by atoms with Gasteiger partial charge in [-0.15, -0.1) is 10.2 Å². The number of nitriles is 1. The van der Waals surface area contributed by atoms with Crippen LogP contribution in [0.5, 0.6) is 0 Å². The average Bonchev–Trinajstić information content (AvgIpc) is 2.99. The van der Waals surface area contributed by atoms with Crippen LogP contribution in [0.1, 0.15) is 27.7 Å². The first-order chi connectivity index (χ1) is 11.1. The van der Waals surface area contributed by atoms with Gasteiger partial charge in [-0.2, -0.15) is 5.26 Å². The number of nitrogens with zero attached hydrogens (tertiary/aromatic N) is 5. The van der Waals surface area contributed by atoms with Gasteiger partial charge < -0.3 is 9.47 Å². The molecule has 122 valence electrons. The van der Waals surface area contributed by atoms with Gasteiger partial charge in [0.1, 0.15) is 0 Å². The molecule has 0 spiro atoms. The van der Waals surface area contributed by atoms with Crippen LogP contribution in [0, 0.1) is 11.3 Å². The largest absolute Gasteiger partial charge is 0.372 e. The van der Waals surface area contributed by atoms with Gasteiger partial charge in [0.25, 0.3) is 0 Å². The number of rotatable bonds is 7. The first kappa shape index (κ1) is 17.4. The maximum atomic E-state index is 8.98. The van der Waals surface area contributed by atoms with E-state index in [9.17, 15) is 0 Å². The third-order valence-electron chi connectivity index (χ3n) is 3.75. The van der Waals surface area contributed by atoms with E-state index in [1.54, 1.807) is 0 Å². The van der Waals surface area contributed by atoms with Crippen LogP contribution >= 0.6 is 11.8 Å². The molecule has 1 aromatic heterocycles. The number of hydrogen-bond donors (Lipinski definition) is 0. The highest BCUT2D eigenvalue weighted by atomic mass is 32.2. The molecule has 0 saturated carbocycles. The fourth-order valence-electron chi connectivity index (χ4n) is 2.47. The maximum absolute atomic E-state index is 8.98. The molecule has 0 amide bonds. The zero-order valence-electron chi connectivity index (χ0n) is 14.2. The third-order valence-corrected chi connectivity index (χ3v) is 4.72. The minimum atomic E-state index is -0.137. The Balaban J connectivity index is 2.30. The molecular weight excluding hydrogens is 306 g/mol. The molecule has 0 aliphatic carbocycles. The van der Waals surface area contributed by atoms with E-state index in [2.05, 4.69) is 70.8 Å². The fourth-order valence-corrected chi connectivity index (χ4v) is 3.27. The van der Waals surface area contributed by atoms with Crippen molar-refractivity contribution in [1.82, 2.24) is 14.8 Å². The minimum absolute atomic E-state index is 0.137. The van der Waals surface area contributed by atoms with Crippen molar-refractivity contribution in [3.63, 3.8) is 0 Å². The second-order valence-corrected chi connectivity index (χ2v) is 6.47. The van der Waals surface area contributed by atoms with Crippen molar-refractivity contribution in [3.8, 4) is 17.5 Å². The lowest BCUT2D eigenvalue weighted by atomic mass is 10.2. The first-order valence-corrected chi connectivity index (χ1v) is 8.87. The second kappa shape index (κ2) is 8.02. The van der Waals surface area contributed by atoms with Gasteiger partial charge in [0.05, 0.1) is 11.3 Å². The highest BCUT2D eigenvalue weighted by Gasteiger charge is 2.15. The molecule has 2 aromatic rings. The van der Waals surface area contributed by atoms with Crippen molar-refractivity contribution in [1.29, 1.82) is 5.26 Å². The number of benzene rings is 1. The Bertz CT molecular complexity index is 667. The summed E-state index contributed by atoms with van der Waals surface area (Å²) in [6.45, 7) is 11.0. The van der Waals surface area contributed by atoms with Crippen molar-refractivity contribution in [2.45, 2.75) is 44.6 Å². The smallest absolute Gasteiger partial charge is 0.192 e. The van der Waals surface area contributed by atoms with E-state index in [0.29, 0.717) is 0 Å². The van der Waals surface area contributed by atoms with Crippen LogP contribution in [-0.4, -0.2) is 33.1 Å². The Morgan fingerprint density at radius 2 is 1.83 bits per heavy atom. The van der Waals surface area contributed by atoms with Gasteiger partial charge in [0.15, 0.2) is 11.0 Å². The normalized spacial score (nSPS) is 12.0. The van der Waals surface area contributed by atoms with Gasteiger partial charge in [-0.05, 0) is 52.0 Å². The Morgan fingerprint density at radius 1 is 1.17 bits per heavy atom. The van der Waals surface area contributed by atoms with Crippen LogP contribution in [0.25, 0.3) is 11.4 Å². The van der Waals surface area contributed by atoms with E-state index in [-0.39, 0.29) is 5.25 Å². The van der Waals surface area contributed by atoms with Gasteiger partial charge in [-0.3, -0.25) is 0 Å². The number of hydrogen-bond acceptors (Lipinski definition) is 5. The van der Waals surface area contributed by atoms with Gasteiger partial charge in [-0.25, -0.2) is 0 Å². The molecule has 0 radical (unpaired) electrons. The molecule has 0 bridgehead atoms. The lowest BCUT2D eigenvalue weighted by molar-refractivity contribution is 0.686. The quantitative estimate of drug-likeness (QED) is 0.723. The lowest BCUT2D eigenvalue weighted by Crippen LogP contribution is -2.21. The van der Waals surface area contributed by atoms with Crippen molar-refractivity contribution < 1.29 is 0 Å². The molecule has 1 aromatic carbocycles. The highest BCUT2D eigenvalue weighted by molar-refractivity contribution is 8.00. The van der Waals surface area contributed by atoms with Gasteiger partial charge in [0.2, 0.25) is 0 Å². The predicted molar refractivity (Wildman–Crippen MR) is 95.6 cm³/mol. The highest BCUT2D eigenvalue weighted by Crippen LogP contribution is 2.27. The molecule has 1 heterocycles. The van der Waals surface area contributed by atoms with E-state index in [1.165, 1.54) is 17.4 Å². The monoisotopic (exact) mass is 329 g/mol. The molecular formula is C17H23N5S. The van der Waals surface area contributed by atoms with Crippen LogP contribution in [0.4, 0.5) is 5.69 Å². The van der Waals surface area contributed by atoms with Gasteiger partial charge in [-0.1, -0.05) is 11.8 Å². The van der Waals surface area contributed by atoms with E-state index in [1.807, 2.05) is 6.92 Å². The zero-order valence-corrected chi connectivity index (χ0v) is 15.0. The van der Waals surface area contributed by atoms with E-state index in [0.717, 1.165) is 36.2 Å². The number of aromatic nitrogens is 3. The summed E-state index contributed by atoms with van der Waals surface area (Å²) in [5, 5.41) is 18.2. The summed E-state index contributed by atoms with van der Waals surface area (Å²) in [4.78, 5) is 2.31. The number of thioether (sulfide) groups is 1. The molecule has 0 aliphatic heterocycles. The molecule has 2 rings (SSSR count). The zero-order chi connectivity index (χ0) is 16.8. The fraction of sp³-hybridized carbons (Fsp3) is 0.471. The Labute approximate surface area is 142 Å². The van der Waals surface area contributed by atoms with Crippen LogP contribution < -0.4 is 4.90 Å². The Morgan fingerprint density at radius 3 is 2.35 bits per heavy atom. The van der Waals surface area contributed by atoms with Crippen molar-refractivity contribution in [3.05, 3.63) is 24.3 Å². The molecule has 23 heavy (non-hydrogen) atoms. The average molecular weight is 329 g/mol. The molecule has 0 saturated heterocycles. The van der Waals surface area contributed by atoms with Crippen LogP contribution in [-0.2, 0) is 6.54 Å². The van der Waals surface area contributed by atoms with Crippen LogP contribution in [0.2, 0.25) is 0 Å². The minimum Gasteiger partial charge on any atom is -0.372 e. The maximum Gasteiger partial charge on any atom is 0.192 e. The summed E-state index contributed by atoms with van der Waals surface area (Å²) in [5.41, 5.74) is 2.26. The van der Waals surface area contributed by atoms with Crippen molar-refractivity contribution >= 4 is 17.4 Å². The number of anilines is 1. The SMILES string of the molecule is CCN(CC)c1ccc(-c2nnc(S[C@@H](C)C#N)n2CC)cc1. The van der Waals surface area contributed by atoms with Crippen LogP contribution in [0.15, 0.2) is 29.4 Å². The van der Waals surface area contributed by atoms with E-state index >= 15 is 0 Å². The lowest BCUT2D eigenvalue weighted by Gasteiger charge is -2.21. The summed E-state index contributed by atoms with van der Waals surface area (Å²) in [5.74, 6) is 0.853. The Hall–Kier alpha value is -2.00. The predicted octanol–water partition coefficient (Wildman–Crippen LogP) is 3.82. The molecule has 0 aliphatic rings. The third kappa shape index (κ3) is 3.85. The van der Waals surface area contributed by atoms with Gasteiger partial charge >= 0.3 is 0 Å². The Kier molecular flexibility index (Phi) is 6.05. The van der Waals surface area contributed by atoms with Gasteiger partial charge in [0, 0.05) is 30.9 Å². The summed E-state index contributed by atoms with van der Waals surface area (Å²) in [6.07, 6.45) is 0. The standard InChI is InChI=1S/C17H23N5S/c1-5-21(6-2)15-10-8-14(9-11-15)16-19-20-17(22(16)7-3)23-13(4)12-18/h8-11,13H,5-7H2,1-4H3/t13-/m0/s1. The van der Waals surface area contributed by atoms with E-state index < -0.39 is 0 Å². The molecule has 1 atom stereocenters.